The van der Waals surface area contributed by atoms with Gasteiger partial charge in [-0.15, -0.1) is 11.3 Å². The predicted molar refractivity (Wildman–Crippen MR) is 79.9 cm³/mol. The number of ether oxygens (including phenoxy) is 1. The summed E-state index contributed by atoms with van der Waals surface area (Å²) in [5, 5.41) is 0. The lowest BCUT2D eigenvalue weighted by molar-refractivity contribution is -0.133. The summed E-state index contributed by atoms with van der Waals surface area (Å²) in [6, 6.07) is 13.4. The van der Waals surface area contributed by atoms with Crippen molar-refractivity contribution in [1.29, 1.82) is 0 Å². The van der Waals surface area contributed by atoms with Gasteiger partial charge in [-0.2, -0.15) is 0 Å². The van der Waals surface area contributed by atoms with E-state index in [0.717, 1.165) is 21.9 Å². The molecule has 1 unspecified atom stereocenters. The van der Waals surface area contributed by atoms with Crippen LogP contribution in [0.1, 0.15) is 16.5 Å². The monoisotopic (exact) mass is 299 g/mol. The summed E-state index contributed by atoms with van der Waals surface area (Å²) in [6.45, 7) is 0.491. The van der Waals surface area contributed by atoms with Crippen LogP contribution in [0.4, 0.5) is 0 Å². The van der Waals surface area contributed by atoms with Crippen LogP contribution in [0.15, 0.2) is 58.7 Å². The van der Waals surface area contributed by atoms with Crippen LogP contribution < -0.4 is 0 Å². The lowest BCUT2D eigenvalue weighted by Crippen LogP contribution is -2.06. The highest BCUT2D eigenvalue weighted by molar-refractivity contribution is 7.10. The predicted octanol–water partition coefficient (Wildman–Crippen LogP) is 3.86. The normalized spacial score (nSPS) is 12.0. The van der Waals surface area contributed by atoms with Gasteiger partial charge in [0.1, 0.15) is 11.8 Å². The number of rotatable bonds is 6. The zero-order chi connectivity index (χ0) is 14.5. The van der Waals surface area contributed by atoms with Gasteiger partial charge in [-0.05, 0) is 17.7 Å². The third-order valence-corrected chi connectivity index (χ3v) is 4.01. The molecule has 0 aliphatic carbocycles. The quantitative estimate of drug-likeness (QED) is 0.649. The molecular weight excluding hydrogens is 286 g/mol. The third-order valence-electron chi connectivity index (χ3n) is 3.16. The molecule has 2 heterocycles. The van der Waals surface area contributed by atoms with Crippen LogP contribution in [0.3, 0.4) is 0 Å². The van der Waals surface area contributed by atoms with Gasteiger partial charge in [0.05, 0.1) is 11.8 Å². The number of carbonyl (C=O) groups excluding carboxylic acids is 1. The van der Waals surface area contributed by atoms with Crippen molar-refractivity contribution in [3.05, 3.63) is 64.7 Å². The second kappa shape index (κ2) is 6.37. The topological polar surface area (TPSA) is 52.3 Å². The maximum atomic E-state index is 10.8. The van der Waals surface area contributed by atoms with Gasteiger partial charge in [0.25, 0.3) is 6.47 Å². The Bertz CT molecular complexity index is 691. The lowest BCUT2D eigenvalue weighted by atomic mass is 10.0. The highest BCUT2D eigenvalue weighted by Gasteiger charge is 2.19. The van der Waals surface area contributed by atoms with E-state index >= 15 is 0 Å². The van der Waals surface area contributed by atoms with E-state index < -0.39 is 0 Å². The maximum absolute atomic E-state index is 10.8. The average molecular weight is 299 g/mol. The molecule has 2 aromatic heterocycles. The Balaban J connectivity index is 1.87. The first kappa shape index (κ1) is 13.6. The Kier molecular flexibility index (Phi) is 4.12. The van der Waals surface area contributed by atoms with Crippen molar-refractivity contribution in [1.82, 2.24) is 4.98 Å². The van der Waals surface area contributed by atoms with Gasteiger partial charge in [-0.3, -0.25) is 4.79 Å². The zero-order valence-corrected chi connectivity index (χ0v) is 12.0. The van der Waals surface area contributed by atoms with Crippen LogP contribution in [0.2, 0.25) is 0 Å². The Hall–Kier alpha value is -2.40. The van der Waals surface area contributed by atoms with Crippen molar-refractivity contribution in [3.8, 4) is 11.5 Å². The molecule has 0 N–H and O–H groups in total. The largest absolute Gasteiger partial charge is 0.463 e. The van der Waals surface area contributed by atoms with Crippen LogP contribution in [-0.2, 0) is 16.0 Å². The van der Waals surface area contributed by atoms with Crippen molar-refractivity contribution >= 4 is 17.8 Å². The van der Waals surface area contributed by atoms with E-state index in [2.05, 4.69) is 4.98 Å². The fourth-order valence-corrected chi connectivity index (χ4v) is 2.98. The molecule has 0 saturated carbocycles. The third kappa shape index (κ3) is 3.03. The zero-order valence-electron chi connectivity index (χ0n) is 11.1. The van der Waals surface area contributed by atoms with Crippen LogP contribution in [-0.4, -0.2) is 11.5 Å². The number of aromatic nitrogens is 1. The minimum absolute atomic E-state index is 0.321. The second-order valence-corrected chi connectivity index (χ2v) is 5.38. The summed E-state index contributed by atoms with van der Waals surface area (Å²) in [4.78, 5) is 16.2. The van der Waals surface area contributed by atoms with Crippen LogP contribution >= 0.6 is 11.3 Å². The highest BCUT2D eigenvalue weighted by atomic mass is 32.1. The van der Waals surface area contributed by atoms with Gasteiger partial charge in [0.2, 0.25) is 0 Å². The minimum atomic E-state index is -0.321. The van der Waals surface area contributed by atoms with Gasteiger partial charge >= 0.3 is 0 Å². The van der Waals surface area contributed by atoms with Gasteiger partial charge in [-0.25, -0.2) is 4.98 Å². The average Bonchev–Trinajstić information content (AvgIpc) is 3.18. The summed E-state index contributed by atoms with van der Waals surface area (Å²) in [5.41, 5.74) is 3.54. The highest BCUT2D eigenvalue weighted by Crippen LogP contribution is 2.31. The van der Waals surface area contributed by atoms with E-state index in [1.54, 1.807) is 11.8 Å². The molecule has 0 amide bonds. The number of hydrogen-bond donors (Lipinski definition) is 0. The van der Waals surface area contributed by atoms with Crippen molar-refractivity contribution in [2.75, 3.05) is 0 Å². The second-order valence-electron chi connectivity index (χ2n) is 4.44. The Morgan fingerprint density at radius 1 is 1.24 bits per heavy atom. The van der Waals surface area contributed by atoms with Crippen LogP contribution in [0.25, 0.3) is 11.5 Å². The Labute approximate surface area is 126 Å². The van der Waals surface area contributed by atoms with E-state index in [0.29, 0.717) is 12.9 Å². The molecule has 0 fully saturated rings. The smallest absolute Gasteiger partial charge is 0.293 e. The van der Waals surface area contributed by atoms with E-state index in [1.165, 1.54) is 11.3 Å². The molecule has 0 aliphatic heterocycles. The molecule has 4 nitrogen and oxygen atoms in total. The molecule has 5 heteroatoms. The first-order chi connectivity index (χ1) is 10.4. The molecule has 106 valence electrons. The number of hydrogen-bond acceptors (Lipinski definition) is 5. The fraction of sp³-hybridized carbons (Fsp3) is 0.125. The van der Waals surface area contributed by atoms with E-state index in [-0.39, 0.29) is 6.10 Å². The van der Waals surface area contributed by atoms with Gasteiger partial charge in [0.15, 0.2) is 5.76 Å². The number of benzene rings is 1. The van der Waals surface area contributed by atoms with E-state index in [4.69, 9.17) is 9.15 Å². The molecule has 3 aromatic rings. The standard InChI is InChI=1S/C16H13NO3S/c18-11-20-14(12-5-2-1-3-6-12)9-15-16(17-10-21-15)13-7-4-8-19-13/h1-8,10-11,14H,9H2. The summed E-state index contributed by atoms with van der Waals surface area (Å²) in [5.74, 6) is 0.726. The Morgan fingerprint density at radius 3 is 2.81 bits per heavy atom. The van der Waals surface area contributed by atoms with Crippen LogP contribution in [0.5, 0.6) is 0 Å². The molecule has 21 heavy (non-hydrogen) atoms. The summed E-state index contributed by atoms with van der Waals surface area (Å²) in [6.07, 6.45) is 1.87. The summed E-state index contributed by atoms with van der Waals surface area (Å²) in [7, 11) is 0. The van der Waals surface area contributed by atoms with Crippen molar-refractivity contribution in [2.24, 2.45) is 0 Å². The summed E-state index contributed by atoms with van der Waals surface area (Å²) >= 11 is 1.53. The first-order valence-corrected chi connectivity index (χ1v) is 7.36. The molecule has 0 saturated heterocycles. The molecule has 3 rings (SSSR count). The maximum Gasteiger partial charge on any atom is 0.293 e. The SMILES string of the molecule is O=COC(Cc1scnc1-c1ccco1)c1ccccc1. The molecule has 1 aromatic carbocycles. The minimum Gasteiger partial charge on any atom is -0.463 e. The first-order valence-electron chi connectivity index (χ1n) is 6.49. The molecule has 0 aliphatic rings. The van der Waals surface area contributed by atoms with Gasteiger partial charge < -0.3 is 9.15 Å². The van der Waals surface area contributed by atoms with E-state index in [9.17, 15) is 4.79 Å². The molecule has 0 bridgehead atoms. The number of carbonyl (C=O) groups is 1. The lowest BCUT2D eigenvalue weighted by Gasteiger charge is -2.15. The molecule has 1 atom stereocenters. The van der Waals surface area contributed by atoms with Gasteiger partial charge in [-0.1, -0.05) is 30.3 Å². The number of thiazole rings is 1. The van der Waals surface area contributed by atoms with Crippen molar-refractivity contribution in [3.63, 3.8) is 0 Å². The number of furan rings is 1. The van der Waals surface area contributed by atoms with Crippen LogP contribution in [0, 0.1) is 0 Å². The van der Waals surface area contributed by atoms with E-state index in [1.807, 2.05) is 42.5 Å². The van der Waals surface area contributed by atoms with Crippen molar-refractivity contribution in [2.45, 2.75) is 12.5 Å². The summed E-state index contributed by atoms with van der Waals surface area (Å²) < 4.78 is 10.6. The Morgan fingerprint density at radius 2 is 2.10 bits per heavy atom. The molecule has 0 radical (unpaired) electrons. The number of nitrogens with zero attached hydrogens (tertiary/aromatic N) is 1. The fourth-order valence-electron chi connectivity index (χ4n) is 2.18. The van der Waals surface area contributed by atoms with Crippen molar-refractivity contribution < 1.29 is 13.9 Å². The van der Waals surface area contributed by atoms with Gasteiger partial charge in [0, 0.05) is 11.3 Å². The molecular formula is C16H13NO3S. The molecule has 0 spiro atoms.